The van der Waals surface area contributed by atoms with Gasteiger partial charge in [-0.2, -0.15) is 9.40 Å². The van der Waals surface area contributed by atoms with Crippen LogP contribution in [-0.2, 0) is 21.8 Å². The molecule has 0 aromatic carbocycles. The van der Waals surface area contributed by atoms with E-state index in [2.05, 4.69) is 5.10 Å². The van der Waals surface area contributed by atoms with Crippen LogP contribution in [0.4, 0.5) is 5.82 Å². The zero-order chi connectivity index (χ0) is 15.8. The summed E-state index contributed by atoms with van der Waals surface area (Å²) >= 11 is 0. The van der Waals surface area contributed by atoms with Gasteiger partial charge in [0, 0.05) is 46.7 Å². The summed E-state index contributed by atoms with van der Waals surface area (Å²) in [5, 5.41) is 14.4. The first-order chi connectivity index (χ1) is 9.67. The highest BCUT2D eigenvalue weighted by Gasteiger charge is 2.37. The molecule has 1 aliphatic heterocycles. The number of aromatic nitrogens is 2. The molecular formula is C12H22N4O4S. The van der Waals surface area contributed by atoms with Crippen molar-refractivity contribution in [3.8, 4) is 0 Å². The van der Waals surface area contributed by atoms with E-state index in [1.165, 1.54) is 11.7 Å². The predicted molar refractivity (Wildman–Crippen MR) is 77.2 cm³/mol. The van der Waals surface area contributed by atoms with Crippen LogP contribution in [0.2, 0.25) is 0 Å². The average Bonchev–Trinajstić information content (AvgIpc) is 2.63. The maximum absolute atomic E-state index is 12.7. The Kier molecular flexibility index (Phi) is 4.29. The third-order valence-corrected chi connectivity index (χ3v) is 5.88. The number of aryl methyl sites for hydroxylation is 1. The molecular weight excluding hydrogens is 296 g/mol. The molecule has 0 radical (unpaired) electrons. The molecule has 1 saturated heterocycles. The van der Waals surface area contributed by atoms with Crippen molar-refractivity contribution in [3.63, 3.8) is 0 Å². The van der Waals surface area contributed by atoms with E-state index in [0.717, 1.165) is 4.31 Å². The van der Waals surface area contributed by atoms with Crippen molar-refractivity contribution in [2.45, 2.75) is 30.3 Å². The quantitative estimate of drug-likeness (QED) is 0.772. The third-order valence-electron chi connectivity index (χ3n) is 3.91. The summed E-state index contributed by atoms with van der Waals surface area (Å²) in [6, 6.07) is 0. The van der Waals surface area contributed by atoms with Gasteiger partial charge in [-0.3, -0.25) is 4.68 Å². The van der Waals surface area contributed by atoms with Gasteiger partial charge in [0.1, 0.15) is 4.90 Å². The summed E-state index contributed by atoms with van der Waals surface area (Å²) in [7, 11) is -0.718. The molecule has 0 aliphatic carbocycles. The Morgan fingerprint density at radius 2 is 2.05 bits per heavy atom. The Labute approximate surface area is 124 Å². The second-order valence-corrected chi connectivity index (χ2v) is 7.50. The van der Waals surface area contributed by atoms with Gasteiger partial charge in [0.25, 0.3) is 0 Å². The fraction of sp³-hybridized carbons (Fsp3) is 0.750. The Balaban J connectivity index is 2.26. The standard InChI is InChI=1S/C12H22N4O4S/c1-9-10(11(13)14-16(9)3)21(18,19)15(2)8-12(17)4-6-20-7-5-12/h17H,4-8H2,1-3H3,(H2,13,14). The lowest BCUT2D eigenvalue weighted by Crippen LogP contribution is -2.47. The Morgan fingerprint density at radius 3 is 2.52 bits per heavy atom. The van der Waals surface area contributed by atoms with Crippen LogP contribution in [0, 0.1) is 6.92 Å². The van der Waals surface area contributed by atoms with Crippen molar-refractivity contribution in [2.75, 3.05) is 32.5 Å². The minimum absolute atomic E-state index is 0.00293. The van der Waals surface area contributed by atoms with E-state index >= 15 is 0 Å². The smallest absolute Gasteiger partial charge is 0.248 e. The van der Waals surface area contributed by atoms with Gasteiger partial charge >= 0.3 is 0 Å². The lowest BCUT2D eigenvalue weighted by Gasteiger charge is -2.34. The zero-order valence-corrected chi connectivity index (χ0v) is 13.4. The van der Waals surface area contributed by atoms with E-state index in [4.69, 9.17) is 10.5 Å². The topological polar surface area (TPSA) is 111 Å². The van der Waals surface area contributed by atoms with Crippen molar-refractivity contribution in [2.24, 2.45) is 7.05 Å². The molecule has 0 bridgehead atoms. The third kappa shape index (κ3) is 3.05. The van der Waals surface area contributed by atoms with Crippen LogP contribution in [0.5, 0.6) is 0 Å². The number of nitrogens with zero attached hydrogens (tertiary/aromatic N) is 3. The first kappa shape index (κ1) is 16.2. The summed E-state index contributed by atoms with van der Waals surface area (Å²) in [6.07, 6.45) is 0.822. The van der Waals surface area contributed by atoms with Gasteiger partial charge in [0.2, 0.25) is 10.0 Å². The molecule has 1 aromatic heterocycles. The van der Waals surface area contributed by atoms with E-state index in [9.17, 15) is 13.5 Å². The predicted octanol–water partition coefficient (Wildman–Crippen LogP) is -0.527. The summed E-state index contributed by atoms with van der Waals surface area (Å²) in [5.74, 6) is -0.0270. The van der Waals surface area contributed by atoms with Gasteiger partial charge in [-0.25, -0.2) is 8.42 Å². The van der Waals surface area contributed by atoms with Gasteiger partial charge in [-0.15, -0.1) is 0 Å². The molecule has 0 spiro atoms. The second-order valence-electron chi connectivity index (χ2n) is 5.52. The fourth-order valence-corrected chi connectivity index (χ4v) is 4.03. The largest absolute Gasteiger partial charge is 0.388 e. The summed E-state index contributed by atoms with van der Waals surface area (Å²) in [6.45, 7) is 2.51. The van der Waals surface area contributed by atoms with E-state index < -0.39 is 15.6 Å². The number of rotatable bonds is 4. The molecule has 3 N–H and O–H groups in total. The van der Waals surface area contributed by atoms with Crippen LogP contribution in [0.25, 0.3) is 0 Å². The van der Waals surface area contributed by atoms with Crippen molar-refractivity contribution < 1.29 is 18.3 Å². The molecule has 9 heteroatoms. The lowest BCUT2D eigenvalue weighted by atomic mass is 9.95. The number of hydrogen-bond donors (Lipinski definition) is 2. The van der Waals surface area contributed by atoms with Crippen molar-refractivity contribution >= 4 is 15.8 Å². The number of hydrogen-bond acceptors (Lipinski definition) is 6. The minimum Gasteiger partial charge on any atom is -0.388 e. The van der Waals surface area contributed by atoms with Crippen LogP contribution in [0.15, 0.2) is 4.90 Å². The highest BCUT2D eigenvalue weighted by molar-refractivity contribution is 7.89. The molecule has 0 unspecified atom stereocenters. The van der Waals surface area contributed by atoms with Gasteiger partial charge in [-0.05, 0) is 6.92 Å². The summed E-state index contributed by atoms with van der Waals surface area (Å²) in [5.41, 5.74) is 5.12. The van der Waals surface area contributed by atoms with E-state index in [1.807, 2.05) is 0 Å². The van der Waals surface area contributed by atoms with Gasteiger partial charge in [0.15, 0.2) is 5.82 Å². The van der Waals surface area contributed by atoms with Crippen LogP contribution < -0.4 is 5.73 Å². The molecule has 0 saturated carbocycles. The maximum atomic E-state index is 12.7. The number of likely N-dealkylation sites (N-methyl/N-ethyl adjacent to an activating group) is 1. The highest BCUT2D eigenvalue weighted by Crippen LogP contribution is 2.28. The molecule has 8 nitrogen and oxygen atoms in total. The van der Waals surface area contributed by atoms with Crippen LogP contribution >= 0.6 is 0 Å². The molecule has 120 valence electrons. The monoisotopic (exact) mass is 318 g/mol. The average molecular weight is 318 g/mol. The Morgan fingerprint density at radius 1 is 1.48 bits per heavy atom. The highest BCUT2D eigenvalue weighted by atomic mass is 32.2. The minimum atomic E-state index is -3.79. The summed E-state index contributed by atoms with van der Waals surface area (Å²) in [4.78, 5) is 0.00293. The normalized spacial score (nSPS) is 19.1. The lowest BCUT2D eigenvalue weighted by molar-refractivity contribution is -0.0689. The van der Waals surface area contributed by atoms with Gasteiger partial charge in [-0.1, -0.05) is 0 Å². The molecule has 0 atom stereocenters. The van der Waals surface area contributed by atoms with E-state index in [-0.39, 0.29) is 17.3 Å². The number of nitrogens with two attached hydrogens (primary N) is 1. The molecule has 2 heterocycles. The molecule has 1 fully saturated rings. The molecule has 1 aromatic rings. The number of nitrogen functional groups attached to an aromatic ring is 1. The van der Waals surface area contributed by atoms with Crippen LogP contribution in [0.1, 0.15) is 18.5 Å². The number of anilines is 1. The Hall–Kier alpha value is -1.16. The maximum Gasteiger partial charge on any atom is 0.248 e. The molecule has 21 heavy (non-hydrogen) atoms. The molecule has 0 amide bonds. The summed E-state index contributed by atoms with van der Waals surface area (Å²) < 4.78 is 33.1. The van der Waals surface area contributed by atoms with Crippen molar-refractivity contribution in [1.29, 1.82) is 0 Å². The fourth-order valence-electron chi connectivity index (χ4n) is 2.50. The van der Waals surface area contributed by atoms with Gasteiger partial charge < -0.3 is 15.6 Å². The SMILES string of the molecule is Cc1c(S(=O)(=O)N(C)CC2(O)CCOCC2)c(N)nn1C. The van der Waals surface area contributed by atoms with Crippen molar-refractivity contribution in [3.05, 3.63) is 5.69 Å². The van der Waals surface area contributed by atoms with E-state index in [0.29, 0.717) is 31.7 Å². The first-order valence-electron chi connectivity index (χ1n) is 6.73. The zero-order valence-electron chi connectivity index (χ0n) is 12.5. The molecule has 1 aliphatic rings. The number of aliphatic hydroxyl groups is 1. The number of ether oxygens (including phenoxy) is 1. The Bertz CT molecular complexity index is 619. The number of sulfonamides is 1. The van der Waals surface area contributed by atoms with E-state index in [1.54, 1.807) is 14.0 Å². The second kappa shape index (κ2) is 5.56. The molecule has 2 rings (SSSR count). The first-order valence-corrected chi connectivity index (χ1v) is 8.17. The van der Waals surface area contributed by atoms with Crippen LogP contribution in [-0.4, -0.2) is 60.0 Å². The van der Waals surface area contributed by atoms with Gasteiger partial charge in [0.05, 0.1) is 11.3 Å². The van der Waals surface area contributed by atoms with Crippen molar-refractivity contribution in [1.82, 2.24) is 14.1 Å². The van der Waals surface area contributed by atoms with Crippen LogP contribution in [0.3, 0.4) is 0 Å².